The lowest BCUT2D eigenvalue weighted by molar-refractivity contribution is -0.143. The molecule has 0 spiro atoms. The summed E-state index contributed by atoms with van der Waals surface area (Å²) in [5.41, 5.74) is 2.44. The standard InChI is InChI=1S/C25H28BrN3O4/c1-15(2)22(29-13-17-5-3-4-6-20(17)24(29)32)25(33)28-14-19(30)11-21(28)23(31)27-12-16-7-9-18(26)10-8-16/h3-10,15,19,21-22,30H,11-14H2,1-2H3,(H,27,31)/t19-,21+,22+/m1/s1. The molecule has 1 saturated heterocycles. The lowest BCUT2D eigenvalue weighted by atomic mass is 10.0. The molecule has 0 saturated carbocycles. The quantitative estimate of drug-likeness (QED) is 0.621. The summed E-state index contributed by atoms with van der Waals surface area (Å²) < 4.78 is 0.951. The van der Waals surface area contributed by atoms with Crippen LogP contribution in [0.3, 0.4) is 0 Å². The van der Waals surface area contributed by atoms with E-state index >= 15 is 0 Å². The number of aliphatic hydroxyl groups is 1. The van der Waals surface area contributed by atoms with Gasteiger partial charge < -0.3 is 20.2 Å². The molecule has 0 radical (unpaired) electrons. The molecule has 2 aromatic carbocycles. The second kappa shape index (κ2) is 9.65. The molecule has 4 rings (SSSR count). The summed E-state index contributed by atoms with van der Waals surface area (Å²) in [6.07, 6.45) is -0.603. The molecule has 174 valence electrons. The Morgan fingerprint density at radius 2 is 1.85 bits per heavy atom. The van der Waals surface area contributed by atoms with Crippen LogP contribution in [0.15, 0.2) is 53.0 Å². The number of nitrogens with one attached hydrogen (secondary N) is 1. The Morgan fingerprint density at radius 3 is 2.52 bits per heavy atom. The van der Waals surface area contributed by atoms with Crippen molar-refractivity contribution in [3.05, 3.63) is 69.7 Å². The lowest BCUT2D eigenvalue weighted by Crippen LogP contribution is -2.55. The number of halogens is 1. The van der Waals surface area contributed by atoms with Gasteiger partial charge in [0.1, 0.15) is 12.1 Å². The number of fused-ring (bicyclic) bond motifs is 1. The van der Waals surface area contributed by atoms with Gasteiger partial charge in [-0.1, -0.05) is 60.1 Å². The molecule has 7 nitrogen and oxygen atoms in total. The van der Waals surface area contributed by atoms with Crippen LogP contribution in [0.5, 0.6) is 0 Å². The third-order valence-electron chi connectivity index (χ3n) is 6.31. The van der Waals surface area contributed by atoms with Gasteiger partial charge in [0.2, 0.25) is 11.8 Å². The van der Waals surface area contributed by atoms with E-state index in [1.807, 2.05) is 56.3 Å². The van der Waals surface area contributed by atoms with Crippen LogP contribution in [0, 0.1) is 5.92 Å². The van der Waals surface area contributed by atoms with Crippen LogP contribution in [0.2, 0.25) is 0 Å². The molecule has 8 heteroatoms. The van der Waals surface area contributed by atoms with E-state index in [0.29, 0.717) is 18.7 Å². The summed E-state index contributed by atoms with van der Waals surface area (Å²) in [6, 6.07) is 13.5. The van der Waals surface area contributed by atoms with Crippen LogP contribution >= 0.6 is 15.9 Å². The van der Waals surface area contributed by atoms with Gasteiger partial charge in [-0.25, -0.2) is 0 Å². The van der Waals surface area contributed by atoms with Crippen LogP contribution in [-0.2, 0) is 22.7 Å². The third-order valence-corrected chi connectivity index (χ3v) is 6.84. The van der Waals surface area contributed by atoms with Crippen molar-refractivity contribution in [1.82, 2.24) is 15.1 Å². The molecule has 2 aliphatic heterocycles. The van der Waals surface area contributed by atoms with Crippen molar-refractivity contribution in [2.75, 3.05) is 6.54 Å². The smallest absolute Gasteiger partial charge is 0.255 e. The Bertz CT molecular complexity index is 1060. The Hall–Kier alpha value is -2.71. The van der Waals surface area contributed by atoms with E-state index in [-0.39, 0.29) is 36.6 Å². The molecule has 0 bridgehead atoms. The zero-order valence-electron chi connectivity index (χ0n) is 18.7. The van der Waals surface area contributed by atoms with Crippen molar-refractivity contribution in [2.24, 2.45) is 5.92 Å². The highest BCUT2D eigenvalue weighted by molar-refractivity contribution is 9.10. The first-order valence-electron chi connectivity index (χ1n) is 11.2. The summed E-state index contributed by atoms with van der Waals surface area (Å²) in [5, 5.41) is 13.2. The van der Waals surface area contributed by atoms with E-state index in [4.69, 9.17) is 0 Å². The van der Waals surface area contributed by atoms with Gasteiger partial charge in [0, 0.05) is 36.1 Å². The molecule has 0 unspecified atom stereocenters. The van der Waals surface area contributed by atoms with Crippen molar-refractivity contribution < 1.29 is 19.5 Å². The fourth-order valence-corrected chi connectivity index (χ4v) is 4.93. The molecule has 3 amide bonds. The Kier molecular flexibility index (Phi) is 6.86. The number of hydrogen-bond acceptors (Lipinski definition) is 4. The van der Waals surface area contributed by atoms with Gasteiger partial charge in [0.25, 0.3) is 5.91 Å². The highest BCUT2D eigenvalue weighted by Gasteiger charge is 2.45. The monoisotopic (exact) mass is 513 g/mol. The minimum atomic E-state index is -0.781. The largest absolute Gasteiger partial charge is 0.391 e. The normalized spacial score (nSPS) is 20.8. The number of nitrogens with zero attached hydrogens (tertiary/aromatic N) is 2. The van der Waals surface area contributed by atoms with Gasteiger partial charge in [0.05, 0.1) is 6.10 Å². The summed E-state index contributed by atoms with van der Waals surface area (Å²) in [4.78, 5) is 42.8. The number of hydrogen-bond donors (Lipinski definition) is 2. The second-order valence-electron chi connectivity index (χ2n) is 9.02. The molecule has 33 heavy (non-hydrogen) atoms. The predicted octanol–water partition coefficient (Wildman–Crippen LogP) is 2.71. The maximum Gasteiger partial charge on any atom is 0.255 e. The number of carbonyl (C=O) groups is 3. The van der Waals surface area contributed by atoms with Crippen LogP contribution in [-0.4, -0.2) is 57.4 Å². The third kappa shape index (κ3) is 4.82. The summed E-state index contributed by atoms with van der Waals surface area (Å²) in [7, 11) is 0. The molecule has 1 fully saturated rings. The zero-order chi connectivity index (χ0) is 23.7. The Balaban J connectivity index is 1.50. The minimum absolute atomic E-state index is 0.0768. The average Bonchev–Trinajstić information content (AvgIpc) is 3.34. The molecule has 2 aliphatic rings. The van der Waals surface area contributed by atoms with Crippen molar-refractivity contribution in [1.29, 1.82) is 0 Å². The van der Waals surface area contributed by atoms with Crippen LogP contribution < -0.4 is 5.32 Å². The summed E-state index contributed by atoms with van der Waals surface area (Å²) >= 11 is 3.39. The zero-order valence-corrected chi connectivity index (χ0v) is 20.3. The van der Waals surface area contributed by atoms with Crippen molar-refractivity contribution in [3.8, 4) is 0 Å². The average molecular weight is 514 g/mol. The first kappa shape index (κ1) is 23.4. The summed E-state index contributed by atoms with van der Waals surface area (Å²) in [6.45, 7) is 4.56. The number of benzene rings is 2. The van der Waals surface area contributed by atoms with E-state index in [1.165, 1.54) is 4.90 Å². The SMILES string of the molecule is CC(C)[C@@H](C(=O)N1C[C@H](O)C[C@H]1C(=O)NCc1ccc(Br)cc1)N1Cc2ccccc2C1=O. The van der Waals surface area contributed by atoms with E-state index < -0.39 is 18.2 Å². The van der Waals surface area contributed by atoms with Gasteiger partial charge in [-0.3, -0.25) is 14.4 Å². The Morgan fingerprint density at radius 1 is 1.15 bits per heavy atom. The van der Waals surface area contributed by atoms with Gasteiger partial charge in [-0.15, -0.1) is 0 Å². The maximum absolute atomic E-state index is 13.7. The fourth-order valence-electron chi connectivity index (χ4n) is 4.66. The van der Waals surface area contributed by atoms with E-state index in [9.17, 15) is 19.5 Å². The van der Waals surface area contributed by atoms with Crippen molar-refractivity contribution in [3.63, 3.8) is 0 Å². The van der Waals surface area contributed by atoms with Crippen molar-refractivity contribution in [2.45, 2.75) is 51.5 Å². The number of rotatable bonds is 6. The molecule has 3 atom stereocenters. The molecule has 2 N–H and O–H groups in total. The number of carbonyl (C=O) groups excluding carboxylic acids is 3. The first-order chi connectivity index (χ1) is 15.8. The lowest BCUT2D eigenvalue weighted by Gasteiger charge is -2.35. The predicted molar refractivity (Wildman–Crippen MR) is 127 cm³/mol. The first-order valence-corrected chi connectivity index (χ1v) is 11.9. The Labute approximate surface area is 201 Å². The van der Waals surface area contributed by atoms with Crippen LogP contribution in [0.25, 0.3) is 0 Å². The number of β-amino-alcohol motifs (C(OH)–C–C–N with tert-alkyl or cyclic N) is 1. The summed E-state index contributed by atoms with van der Waals surface area (Å²) in [5.74, 6) is -0.929. The van der Waals surface area contributed by atoms with Gasteiger partial charge in [-0.05, 0) is 35.2 Å². The topological polar surface area (TPSA) is 89.9 Å². The highest BCUT2D eigenvalue weighted by atomic mass is 79.9. The maximum atomic E-state index is 13.7. The number of amides is 3. The molecule has 2 aromatic rings. The number of likely N-dealkylation sites (tertiary alicyclic amines) is 1. The molecule has 0 aromatic heterocycles. The van der Waals surface area contributed by atoms with Crippen LogP contribution in [0.1, 0.15) is 41.8 Å². The van der Waals surface area contributed by atoms with Crippen molar-refractivity contribution >= 4 is 33.7 Å². The minimum Gasteiger partial charge on any atom is -0.391 e. The van der Waals surface area contributed by atoms with Gasteiger partial charge in [-0.2, -0.15) is 0 Å². The van der Waals surface area contributed by atoms with E-state index in [1.54, 1.807) is 11.0 Å². The molecule has 2 heterocycles. The van der Waals surface area contributed by atoms with Gasteiger partial charge in [0.15, 0.2) is 0 Å². The van der Waals surface area contributed by atoms with E-state index in [0.717, 1.165) is 15.6 Å². The molecule has 0 aliphatic carbocycles. The highest BCUT2D eigenvalue weighted by Crippen LogP contribution is 2.30. The molecular formula is C25H28BrN3O4. The second-order valence-corrected chi connectivity index (χ2v) is 9.93. The fraction of sp³-hybridized carbons (Fsp3) is 0.400. The number of aliphatic hydroxyl groups excluding tert-OH is 1. The van der Waals surface area contributed by atoms with E-state index in [2.05, 4.69) is 21.2 Å². The van der Waals surface area contributed by atoms with Gasteiger partial charge >= 0.3 is 0 Å². The van der Waals surface area contributed by atoms with Crippen LogP contribution in [0.4, 0.5) is 0 Å². The molecular weight excluding hydrogens is 486 g/mol.